The molecule has 0 saturated heterocycles. The Balaban J connectivity index is -0.0000000830. The Hall–Kier alpha value is -0.746. The smallest absolute Gasteiger partial charge is 0.454 e. The third-order valence-corrected chi connectivity index (χ3v) is 1.10. The van der Waals surface area contributed by atoms with Gasteiger partial charge in [-0.2, -0.15) is 18.2 Å². The van der Waals surface area contributed by atoms with Crippen LogP contribution in [-0.2, 0) is 21.7 Å². The van der Waals surface area contributed by atoms with E-state index >= 15 is 0 Å². The molecule has 1 aromatic rings. The van der Waals surface area contributed by atoms with Crippen LogP contribution in [0.4, 0.5) is 0 Å². The number of nitrogens with two attached hydrogens (primary N) is 1. The summed E-state index contributed by atoms with van der Waals surface area (Å²) in [6.07, 6.45) is 0. The molecule has 6 heteroatoms. The van der Waals surface area contributed by atoms with Gasteiger partial charge in [0.15, 0.2) is 0 Å². The van der Waals surface area contributed by atoms with Gasteiger partial charge in [-0.3, -0.25) is 0 Å². The topological polar surface area (TPSA) is 76.5 Å². The molecule has 1 rings (SSSR count). The molecule has 0 radical (unpaired) electrons. The molecular formula is C13H29N5Ti+2. The average Bonchev–Trinajstić information content (AvgIpc) is 2.90. The van der Waals surface area contributed by atoms with E-state index in [1.165, 1.54) is 0 Å². The molecule has 0 heterocycles. The van der Waals surface area contributed by atoms with E-state index < -0.39 is 0 Å². The van der Waals surface area contributed by atoms with E-state index in [9.17, 15) is 0 Å². The van der Waals surface area contributed by atoms with Crippen molar-refractivity contribution in [1.29, 1.82) is 0 Å². The summed E-state index contributed by atoms with van der Waals surface area (Å²) in [4.78, 5) is 3.77. The normalized spacial score (nSPS) is 8.21. The van der Waals surface area contributed by atoms with Crippen LogP contribution >= 0.6 is 0 Å². The van der Waals surface area contributed by atoms with Crippen molar-refractivity contribution >= 4 is 5.96 Å². The van der Waals surface area contributed by atoms with Crippen LogP contribution in [-0.4, -0.2) is 47.7 Å². The maximum absolute atomic E-state index is 5.17. The monoisotopic (exact) mass is 303 g/mol. The molecule has 0 amide bonds. The molecule has 5 nitrogen and oxygen atoms in total. The van der Waals surface area contributed by atoms with Crippen molar-refractivity contribution in [2.45, 2.75) is 6.92 Å². The second-order valence-electron chi connectivity index (χ2n) is 3.02. The molecule has 4 N–H and O–H groups in total. The largest absolute Gasteiger partial charge is 4.00 e. The van der Waals surface area contributed by atoms with E-state index in [1.54, 1.807) is 7.05 Å². The number of hydrogen-bond donors (Lipinski definition) is 3. The molecule has 0 unspecified atom stereocenters. The van der Waals surface area contributed by atoms with Gasteiger partial charge in [-0.1, -0.05) is 6.92 Å². The number of aliphatic imine (C=N–C) groups is 1. The molecule has 0 aliphatic heterocycles. The van der Waals surface area contributed by atoms with Crippen molar-refractivity contribution in [3.05, 3.63) is 35.6 Å². The molecular weight excluding hydrogens is 274 g/mol. The van der Waals surface area contributed by atoms with Gasteiger partial charge in [-0.25, -0.2) is 12.1 Å². The van der Waals surface area contributed by atoms with Gasteiger partial charge in [0.25, 0.3) is 0 Å². The van der Waals surface area contributed by atoms with Gasteiger partial charge in [-0.15, -0.1) is 0 Å². The van der Waals surface area contributed by atoms with Crippen molar-refractivity contribution in [2.75, 3.05) is 41.8 Å². The Labute approximate surface area is 133 Å². The van der Waals surface area contributed by atoms with Crippen LogP contribution in [0.1, 0.15) is 6.92 Å². The summed E-state index contributed by atoms with van der Waals surface area (Å²) in [6.45, 7) is 2.63. The Morgan fingerprint density at radius 1 is 1.16 bits per heavy atom. The van der Waals surface area contributed by atoms with Crippen LogP contribution in [0.3, 0.4) is 0 Å². The van der Waals surface area contributed by atoms with E-state index in [0.717, 1.165) is 0 Å². The van der Waals surface area contributed by atoms with Gasteiger partial charge >= 0.3 is 21.7 Å². The van der Waals surface area contributed by atoms with Crippen LogP contribution in [0, 0.1) is 0 Å². The Morgan fingerprint density at radius 2 is 1.53 bits per heavy atom. The van der Waals surface area contributed by atoms with Gasteiger partial charge in [-0.05, 0) is 41.8 Å². The van der Waals surface area contributed by atoms with Gasteiger partial charge in [0.1, 0.15) is 0 Å². The number of nitrogens with one attached hydrogen (secondary N) is 2. The summed E-state index contributed by atoms with van der Waals surface area (Å²) in [5.74, 6) is 0.377. The first kappa shape index (κ1) is 26.7. The van der Waals surface area contributed by atoms with Gasteiger partial charge < -0.3 is 26.7 Å². The predicted octanol–water partition coefficient (Wildman–Crippen LogP) is 1.40. The number of guanidine groups is 1. The van der Waals surface area contributed by atoms with Crippen LogP contribution in [0.25, 0.3) is 5.32 Å². The van der Waals surface area contributed by atoms with Crippen LogP contribution in [0.2, 0.25) is 0 Å². The molecule has 0 aliphatic carbocycles. The zero-order valence-electron chi connectivity index (χ0n) is 13.1. The average molecular weight is 303 g/mol. The summed E-state index contributed by atoms with van der Waals surface area (Å²) in [5.41, 5.74) is 5.17. The third-order valence-electron chi connectivity index (χ3n) is 1.10. The van der Waals surface area contributed by atoms with Crippen molar-refractivity contribution in [1.82, 2.24) is 10.6 Å². The summed E-state index contributed by atoms with van der Waals surface area (Å²) in [6, 6.07) is 10.0. The maximum Gasteiger partial charge on any atom is 4.00 e. The van der Waals surface area contributed by atoms with Gasteiger partial charge in [0.2, 0.25) is 0 Å². The molecule has 0 spiro atoms. The van der Waals surface area contributed by atoms with Crippen molar-refractivity contribution in [3.63, 3.8) is 0 Å². The van der Waals surface area contributed by atoms with Crippen LogP contribution in [0.15, 0.2) is 35.3 Å². The minimum atomic E-state index is 0. The zero-order chi connectivity index (χ0) is 14.6. The Bertz CT molecular complexity index is 206. The fraction of sp³-hybridized carbons (Fsp3) is 0.538. The second-order valence-corrected chi connectivity index (χ2v) is 3.02. The van der Waals surface area contributed by atoms with E-state index in [1.807, 2.05) is 65.4 Å². The molecule has 0 bridgehead atoms. The molecule has 1 aromatic carbocycles. The maximum atomic E-state index is 5.17. The number of nitrogens with zero attached hydrogens (tertiary/aromatic N) is 2. The van der Waals surface area contributed by atoms with E-state index in [0.29, 0.717) is 12.5 Å². The molecule has 19 heavy (non-hydrogen) atoms. The number of rotatable bonds is 1. The van der Waals surface area contributed by atoms with Crippen molar-refractivity contribution in [3.8, 4) is 0 Å². The first-order valence-electron chi connectivity index (χ1n) is 5.87. The fourth-order valence-electron chi connectivity index (χ4n) is 0.553. The quantitative estimate of drug-likeness (QED) is 0.318. The third kappa shape index (κ3) is 46.9. The first-order chi connectivity index (χ1) is 8.64. The molecule has 0 aliphatic rings. The fourth-order valence-corrected chi connectivity index (χ4v) is 0.553. The van der Waals surface area contributed by atoms with E-state index in [2.05, 4.69) is 20.9 Å². The second kappa shape index (κ2) is 30.4. The van der Waals surface area contributed by atoms with E-state index in [4.69, 9.17) is 5.73 Å². The zero-order valence-corrected chi connectivity index (χ0v) is 14.6. The summed E-state index contributed by atoms with van der Waals surface area (Å²) in [7, 11) is 9.12. The first-order valence-corrected chi connectivity index (χ1v) is 5.87. The van der Waals surface area contributed by atoms with Crippen LogP contribution in [0.5, 0.6) is 0 Å². The van der Waals surface area contributed by atoms with Crippen LogP contribution < -0.4 is 16.4 Å². The summed E-state index contributed by atoms with van der Waals surface area (Å²) < 4.78 is 0. The summed E-state index contributed by atoms with van der Waals surface area (Å²) in [5, 5.41) is 9.11. The van der Waals surface area contributed by atoms with Gasteiger partial charge in [0.05, 0.1) is 0 Å². The minimum absolute atomic E-state index is 0. The molecule has 0 fully saturated rings. The number of hydrogen-bond acceptors (Lipinski definition) is 3. The predicted molar refractivity (Wildman–Crippen MR) is 83.4 cm³/mol. The molecule has 0 saturated carbocycles. The van der Waals surface area contributed by atoms with Gasteiger partial charge in [0, 0.05) is 5.96 Å². The molecule has 108 valence electrons. The standard InChI is InChI=1S/C5H5.C4H10N3.2C2H7N.Ti/c1-2-4-5-3-1;1-3-7-4(5)6-2;2*1-3-2;/h1-5H;3H2,1-2H3,(H2-,5,6,7);2*3H,1-2H3;/q2*-1;;;+4. The van der Waals surface area contributed by atoms with Crippen molar-refractivity contribution in [2.24, 2.45) is 10.7 Å². The van der Waals surface area contributed by atoms with E-state index in [-0.39, 0.29) is 21.7 Å². The summed E-state index contributed by atoms with van der Waals surface area (Å²) >= 11 is 0. The molecule has 0 aromatic heterocycles. The SMILES string of the molecule is CCN=C(N)[N-]C.CNC.CNC.[Ti+4].c1cc[cH-]c1. The Morgan fingerprint density at radius 3 is 1.63 bits per heavy atom. The molecule has 0 atom stereocenters. The minimum Gasteiger partial charge on any atom is -0.454 e. The van der Waals surface area contributed by atoms with Crippen molar-refractivity contribution < 1.29 is 21.7 Å². The Kier molecular flexibility index (Phi) is 42.7.